The fourth-order valence-electron chi connectivity index (χ4n) is 3.99. The van der Waals surface area contributed by atoms with Gasteiger partial charge in [-0.1, -0.05) is 29.8 Å². The number of benzene rings is 1. The van der Waals surface area contributed by atoms with E-state index >= 15 is 0 Å². The Bertz CT molecular complexity index is 1410. The highest BCUT2D eigenvalue weighted by atomic mass is 32.1. The van der Waals surface area contributed by atoms with Crippen molar-refractivity contribution in [2.45, 2.75) is 45.5 Å². The van der Waals surface area contributed by atoms with E-state index in [4.69, 9.17) is 4.74 Å². The summed E-state index contributed by atoms with van der Waals surface area (Å²) in [7, 11) is 0. The predicted octanol–water partition coefficient (Wildman–Crippen LogP) is 1.68. The molecule has 1 aliphatic rings. The topological polar surface area (TPSA) is 99.6 Å². The Morgan fingerprint density at radius 2 is 2.06 bits per heavy atom. The molecule has 1 fully saturated rings. The number of nitrogens with zero attached hydrogens (tertiary/aromatic N) is 4. The highest BCUT2D eigenvalue weighted by Gasteiger charge is 2.23. The average Bonchev–Trinajstić information content (AvgIpc) is 3.52. The number of nitrogens with one attached hydrogen (secondary N) is 1. The van der Waals surface area contributed by atoms with Crippen LogP contribution >= 0.6 is 11.3 Å². The van der Waals surface area contributed by atoms with Crippen LogP contribution in [0, 0.1) is 6.92 Å². The molecule has 0 saturated carbocycles. The van der Waals surface area contributed by atoms with E-state index < -0.39 is 5.69 Å². The molecule has 1 aliphatic heterocycles. The molecule has 10 heteroatoms. The summed E-state index contributed by atoms with van der Waals surface area (Å²) >= 11 is 1.29. The molecule has 1 aromatic carbocycles. The monoisotopic (exact) mass is 453 g/mol. The zero-order valence-corrected chi connectivity index (χ0v) is 18.4. The van der Waals surface area contributed by atoms with E-state index in [2.05, 4.69) is 10.4 Å². The van der Waals surface area contributed by atoms with Crippen molar-refractivity contribution in [1.29, 1.82) is 0 Å². The van der Waals surface area contributed by atoms with Crippen LogP contribution in [0.25, 0.3) is 16.0 Å². The molecule has 5 rings (SSSR count). The molecular weight excluding hydrogens is 430 g/mol. The van der Waals surface area contributed by atoms with Gasteiger partial charge in [0, 0.05) is 13.2 Å². The summed E-state index contributed by atoms with van der Waals surface area (Å²) in [6, 6.07) is 9.59. The molecule has 1 amide bonds. The maximum absolute atomic E-state index is 13.1. The number of aryl methyl sites for hydroxylation is 1. The van der Waals surface area contributed by atoms with Gasteiger partial charge in [-0.3, -0.25) is 14.2 Å². The normalized spacial score (nSPS) is 16.2. The number of ether oxygens (including phenoxy) is 1. The van der Waals surface area contributed by atoms with Crippen LogP contribution in [0.3, 0.4) is 0 Å². The van der Waals surface area contributed by atoms with Gasteiger partial charge in [-0.05, 0) is 36.8 Å². The molecule has 1 atom stereocenters. The maximum Gasteiger partial charge on any atom is 0.352 e. The van der Waals surface area contributed by atoms with Crippen LogP contribution in [0.1, 0.15) is 24.0 Å². The number of hydrogen-bond acceptors (Lipinski definition) is 6. The first-order chi connectivity index (χ1) is 15.5. The predicted molar refractivity (Wildman–Crippen MR) is 121 cm³/mol. The summed E-state index contributed by atoms with van der Waals surface area (Å²) in [6.07, 6.45) is 1.71. The zero-order valence-electron chi connectivity index (χ0n) is 17.6. The van der Waals surface area contributed by atoms with Gasteiger partial charge in [0.15, 0.2) is 0 Å². The van der Waals surface area contributed by atoms with E-state index in [0.717, 1.165) is 28.7 Å². The number of rotatable bonds is 6. The number of aromatic nitrogens is 4. The molecule has 0 spiro atoms. The lowest BCUT2D eigenvalue weighted by Crippen LogP contribution is -2.32. The third kappa shape index (κ3) is 3.76. The average molecular weight is 454 g/mol. The molecule has 32 heavy (non-hydrogen) atoms. The number of carbonyl (C=O) groups is 1. The molecule has 1 N–H and O–H groups in total. The van der Waals surface area contributed by atoms with Crippen molar-refractivity contribution in [1.82, 2.24) is 24.1 Å². The Hall–Kier alpha value is -3.24. The quantitative estimate of drug-likeness (QED) is 0.479. The minimum atomic E-state index is -0.449. The minimum absolute atomic E-state index is 0.0908. The molecule has 166 valence electrons. The molecule has 0 radical (unpaired) electrons. The van der Waals surface area contributed by atoms with Crippen LogP contribution in [-0.4, -0.2) is 37.4 Å². The largest absolute Gasteiger partial charge is 0.376 e. The molecule has 4 aromatic rings. The number of carbonyl (C=O) groups excluding carboxylic acids is 1. The summed E-state index contributed by atoms with van der Waals surface area (Å²) < 4.78 is 10.2. The van der Waals surface area contributed by atoms with Gasteiger partial charge in [-0.25, -0.2) is 13.9 Å². The van der Waals surface area contributed by atoms with Crippen molar-refractivity contribution < 1.29 is 9.53 Å². The Kier molecular flexibility index (Phi) is 5.40. The van der Waals surface area contributed by atoms with E-state index in [1.54, 1.807) is 11.4 Å². The third-order valence-corrected chi connectivity index (χ3v) is 6.59. The smallest absolute Gasteiger partial charge is 0.352 e. The maximum atomic E-state index is 13.1. The second-order valence-electron chi connectivity index (χ2n) is 8.02. The van der Waals surface area contributed by atoms with Crippen molar-refractivity contribution in [3.8, 4) is 0 Å². The summed E-state index contributed by atoms with van der Waals surface area (Å²) in [5, 5.41) is 8.97. The molecule has 0 bridgehead atoms. The van der Waals surface area contributed by atoms with Gasteiger partial charge >= 0.3 is 5.69 Å². The van der Waals surface area contributed by atoms with Gasteiger partial charge in [0.1, 0.15) is 11.2 Å². The third-order valence-electron chi connectivity index (χ3n) is 5.70. The van der Waals surface area contributed by atoms with Crippen LogP contribution in [-0.2, 0) is 29.2 Å². The summed E-state index contributed by atoms with van der Waals surface area (Å²) in [4.78, 5) is 38.7. The highest BCUT2D eigenvalue weighted by molar-refractivity contribution is 7.17. The Labute approximate surface area is 186 Å². The summed E-state index contributed by atoms with van der Waals surface area (Å²) in [6.45, 7) is 3.12. The summed E-state index contributed by atoms with van der Waals surface area (Å²) in [5.41, 5.74) is 1.98. The second kappa shape index (κ2) is 8.36. The first kappa shape index (κ1) is 20.7. The number of hydrogen-bond donors (Lipinski definition) is 1. The van der Waals surface area contributed by atoms with Gasteiger partial charge in [-0.2, -0.15) is 0 Å². The van der Waals surface area contributed by atoms with Gasteiger partial charge in [0.05, 0.1) is 18.2 Å². The zero-order chi connectivity index (χ0) is 22.2. The lowest BCUT2D eigenvalue weighted by molar-refractivity contribution is -0.122. The Morgan fingerprint density at radius 1 is 1.25 bits per heavy atom. The first-order valence-corrected chi connectivity index (χ1v) is 11.4. The molecule has 3 aromatic heterocycles. The number of fused-ring (bicyclic) bond motifs is 3. The van der Waals surface area contributed by atoms with Crippen LogP contribution < -0.4 is 16.6 Å². The molecule has 0 aliphatic carbocycles. The van der Waals surface area contributed by atoms with Crippen molar-refractivity contribution >= 4 is 33.2 Å². The highest BCUT2D eigenvalue weighted by Crippen LogP contribution is 2.19. The van der Waals surface area contributed by atoms with Gasteiger partial charge in [-0.15, -0.1) is 16.4 Å². The van der Waals surface area contributed by atoms with E-state index in [9.17, 15) is 14.4 Å². The van der Waals surface area contributed by atoms with E-state index in [0.29, 0.717) is 29.9 Å². The van der Waals surface area contributed by atoms with Gasteiger partial charge in [0.2, 0.25) is 11.7 Å². The molecule has 9 nitrogen and oxygen atoms in total. The van der Waals surface area contributed by atoms with E-state index in [1.165, 1.54) is 20.3 Å². The van der Waals surface area contributed by atoms with Crippen molar-refractivity contribution in [2.75, 3.05) is 6.61 Å². The molecule has 0 unspecified atom stereocenters. The molecule has 1 saturated heterocycles. The van der Waals surface area contributed by atoms with E-state index in [-0.39, 0.29) is 29.9 Å². The molecule has 4 heterocycles. The van der Waals surface area contributed by atoms with Crippen LogP contribution in [0.5, 0.6) is 0 Å². The van der Waals surface area contributed by atoms with Crippen LogP contribution in [0.4, 0.5) is 0 Å². The van der Waals surface area contributed by atoms with Crippen LogP contribution in [0.15, 0.2) is 45.3 Å². The van der Waals surface area contributed by atoms with Crippen molar-refractivity contribution in [3.05, 3.63) is 67.7 Å². The SMILES string of the molecule is Cc1ccc(CNC(=O)Cn2nc3n(C[C@@H]4CCCO4)c(=O)c4sccc4n3c2=O)cc1. The second-order valence-corrected chi connectivity index (χ2v) is 8.94. The number of amides is 1. The lowest BCUT2D eigenvalue weighted by Gasteiger charge is -2.12. The fraction of sp³-hybridized carbons (Fsp3) is 0.364. The first-order valence-electron chi connectivity index (χ1n) is 10.5. The Balaban J connectivity index is 1.46. The minimum Gasteiger partial charge on any atom is -0.376 e. The standard InChI is InChI=1S/C22H23N5O4S/c1-14-4-6-15(7-5-14)11-23-18(28)13-26-22(30)27-17-8-10-32-19(17)20(29)25(21(27)24-26)12-16-3-2-9-31-16/h4-8,10,16H,2-3,9,11-13H2,1H3,(H,23,28)/t16-/m0/s1. The van der Waals surface area contributed by atoms with Crippen molar-refractivity contribution in [2.24, 2.45) is 0 Å². The van der Waals surface area contributed by atoms with E-state index in [1.807, 2.05) is 31.2 Å². The lowest BCUT2D eigenvalue weighted by atomic mass is 10.1. The summed E-state index contributed by atoms with van der Waals surface area (Å²) in [5.74, 6) is -0.0987. The van der Waals surface area contributed by atoms with Gasteiger partial charge < -0.3 is 10.1 Å². The number of thiophene rings is 1. The van der Waals surface area contributed by atoms with Crippen LogP contribution in [0.2, 0.25) is 0 Å². The van der Waals surface area contributed by atoms with Crippen molar-refractivity contribution in [3.63, 3.8) is 0 Å². The molecular formula is C22H23N5O4S. The Morgan fingerprint density at radius 3 is 2.81 bits per heavy atom. The fourth-order valence-corrected chi connectivity index (χ4v) is 4.82. The van der Waals surface area contributed by atoms with Gasteiger partial charge in [0.25, 0.3) is 5.56 Å².